The number of hydrogen-bond acceptors (Lipinski definition) is 2. The molecule has 0 saturated heterocycles. The molecule has 1 saturated carbocycles. The molecule has 1 N–H and O–H groups in total. The van der Waals surface area contributed by atoms with Crippen LogP contribution in [0.1, 0.15) is 57.8 Å². The van der Waals surface area contributed by atoms with E-state index < -0.39 is 0 Å². The smallest absolute Gasteiger partial charge is 0.0931 e. The molecule has 0 bridgehead atoms. The molecule has 2 rings (SSSR count). The van der Waals surface area contributed by atoms with Crippen LogP contribution < -0.4 is 5.32 Å². The van der Waals surface area contributed by atoms with Crippen molar-refractivity contribution in [3.63, 3.8) is 0 Å². The van der Waals surface area contributed by atoms with Gasteiger partial charge in [-0.3, -0.25) is 0 Å². The number of nitrogens with one attached hydrogen (secondary N) is 1. The Morgan fingerprint density at radius 1 is 1.29 bits per heavy atom. The van der Waals surface area contributed by atoms with Crippen LogP contribution in [0.25, 0.3) is 0 Å². The van der Waals surface area contributed by atoms with Gasteiger partial charge >= 0.3 is 0 Å². The molecule has 0 radical (unpaired) electrons. The third-order valence-corrected chi connectivity index (χ3v) is 6.08. The Labute approximate surface area is 139 Å². The molecule has 1 heterocycles. The lowest BCUT2D eigenvalue weighted by molar-refractivity contribution is 0.166. The number of thiophene rings is 1. The zero-order valence-corrected chi connectivity index (χ0v) is 15.3. The van der Waals surface area contributed by atoms with Crippen LogP contribution in [0.15, 0.2) is 12.1 Å². The van der Waals surface area contributed by atoms with Gasteiger partial charge in [-0.25, -0.2) is 0 Å². The number of rotatable bonds is 7. The lowest BCUT2D eigenvalue weighted by Crippen LogP contribution is -2.36. The van der Waals surface area contributed by atoms with E-state index in [0.717, 1.165) is 22.1 Å². The Bertz CT molecular complexity index is 415. The first-order valence-corrected chi connectivity index (χ1v) is 9.75. The van der Waals surface area contributed by atoms with Gasteiger partial charge in [0.25, 0.3) is 0 Å². The van der Waals surface area contributed by atoms with Crippen LogP contribution in [0, 0.1) is 17.8 Å². The minimum atomic E-state index is 0.593. The molecule has 0 spiro atoms. The highest BCUT2D eigenvalue weighted by molar-refractivity contribution is 7.16. The molecule has 1 aliphatic rings. The second-order valence-electron chi connectivity index (χ2n) is 6.96. The van der Waals surface area contributed by atoms with Gasteiger partial charge in [-0.1, -0.05) is 51.6 Å². The normalized spacial score (nSPS) is 26.4. The van der Waals surface area contributed by atoms with Crippen molar-refractivity contribution < 1.29 is 0 Å². The average Bonchev–Trinajstić information content (AvgIpc) is 2.83. The van der Waals surface area contributed by atoms with Gasteiger partial charge in [0.1, 0.15) is 0 Å². The number of halogens is 1. The summed E-state index contributed by atoms with van der Waals surface area (Å²) >= 11 is 7.87. The minimum Gasteiger partial charge on any atom is -0.314 e. The second-order valence-corrected chi connectivity index (χ2v) is 8.76. The van der Waals surface area contributed by atoms with Crippen molar-refractivity contribution in [2.45, 2.75) is 65.3 Å². The molecule has 1 fully saturated rings. The Morgan fingerprint density at radius 3 is 2.71 bits per heavy atom. The fraction of sp³-hybridized carbons (Fsp3) is 0.778. The summed E-state index contributed by atoms with van der Waals surface area (Å²) in [5, 5.41) is 3.66. The highest BCUT2D eigenvalue weighted by Gasteiger charge is 2.30. The minimum absolute atomic E-state index is 0.593. The summed E-state index contributed by atoms with van der Waals surface area (Å²) in [6, 6.07) is 4.87. The summed E-state index contributed by atoms with van der Waals surface area (Å²) in [4.78, 5) is 1.47. The fourth-order valence-corrected chi connectivity index (χ4v) is 4.90. The van der Waals surface area contributed by atoms with E-state index in [2.05, 4.69) is 38.2 Å². The van der Waals surface area contributed by atoms with Crippen molar-refractivity contribution in [3.8, 4) is 0 Å². The van der Waals surface area contributed by atoms with E-state index in [4.69, 9.17) is 11.6 Å². The van der Waals surface area contributed by atoms with E-state index in [-0.39, 0.29) is 0 Å². The van der Waals surface area contributed by atoms with Crippen molar-refractivity contribution in [2.75, 3.05) is 6.54 Å². The van der Waals surface area contributed by atoms with Crippen molar-refractivity contribution in [1.29, 1.82) is 0 Å². The zero-order valence-electron chi connectivity index (χ0n) is 13.7. The largest absolute Gasteiger partial charge is 0.314 e. The van der Waals surface area contributed by atoms with E-state index in [1.807, 2.05) is 0 Å². The molecule has 3 heteroatoms. The molecule has 120 valence electrons. The van der Waals surface area contributed by atoms with Gasteiger partial charge in [-0.15, -0.1) is 11.3 Å². The van der Waals surface area contributed by atoms with Crippen LogP contribution in [0.4, 0.5) is 0 Å². The van der Waals surface area contributed by atoms with E-state index in [0.29, 0.717) is 6.04 Å². The van der Waals surface area contributed by atoms with Crippen molar-refractivity contribution >= 4 is 22.9 Å². The third kappa shape index (κ3) is 5.58. The average molecular weight is 328 g/mol. The summed E-state index contributed by atoms with van der Waals surface area (Å²) in [5.74, 6) is 2.61. The molecule has 3 unspecified atom stereocenters. The summed E-state index contributed by atoms with van der Waals surface area (Å²) in [7, 11) is 0. The van der Waals surface area contributed by atoms with E-state index in [1.54, 1.807) is 11.3 Å². The van der Waals surface area contributed by atoms with Crippen LogP contribution in [-0.4, -0.2) is 12.6 Å². The second kappa shape index (κ2) is 8.55. The van der Waals surface area contributed by atoms with E-state index in [9.17, 15) is 0 Å². The standard InChI is InChI=1S/C18H30ClNS/c1-4-5-14-6-7-15(12-20-13(2)3)16(10-14)11-17-8-9-18(19)21-17/h8-9,13-16,20H,4-7,10-12H2,1-3H3. The third-order valence-electron chi connectivity index (χ3n) is 4.83. The van der Waals surface area contributed by atoms with Gasteiger partial charge in [0.2, 0.25) is 0 Å². The molecule has 1 aliphatic carbocycles. The summed E-state index contributed by atoms with van der Waals surface area (Å²) in [5.41, 5.74) is 0. The van der Waals surface area contributed by atoms with Crippen LogP contribution in [0.2, 0.25) is 4.34 Å². The van der Waals surface area contributed by atoms with Gasteiger partial charge in [0, 0.05) is 10.9 Å². The van der Waals surface area contributed by atoms with Crippen molar-refractivity contribution in [3.05, 3.63) is 21.3 Å². The van der Waals surface area contributed by atoms with Crippen molar-refractivity contribution in [1.82, 2.24) is 5.32 Å². The molecule has 0 aliphatic heterocycles. The molecule has 1 aromatic rings. The Kier molecular flexibility index (Phi) is 7.04. The molecule has 3 atom stereocenters. The maximum atomic E-state index is 6.10. The predicted octanol–water partition coefficient (Wildman–Crippen LogP) is 5.77. The lowest BCUT2D eigenvalue weighted by Gasteiger charge is -2.37. The van der Waals surface area contributed by atoms with E-state index >= 15 is 0 Å². The van der Waals surface area contributed by atoms with Crippen LogP contribution >= 0.6 is 22.9 Å². The summed E-state index contributed by atoms with van der Waals surface area (Å²) in [6.45, 7) is 7.99. The summed E-state index contributed by atoms with van der Waals surface area (Å²) < 4.78 is 0.933. The van der Waals surface area contributed by atoms with E-state index in [1.165, 1.54) is 49.9 Å². The van der Waals surface area contributed by atoms with Crippen LogP contribution in [0.5, 0.6) is 0 Å². The van der Waals surface area contributed by atoms with Crippen LogP contribution in [-0.2, 0) is 6.42 Å². The maximum Gasteiger partial charge on any atom is 0.0931 e. The molecular weight excluding hydrogens is 298 g/mol. The fourth-order valence-electron chi connectivity index (χ4n) is 3.72. The van der Waals surface area contributed by atoms with Gasteiger partial charge < -0.3 is 5.32 Å². The summed E-state index contributed by atoms with van der Waals surface area (Å²) in [6.07, 6.45) is 8.20. The van der Waals surface area contributed by atoms with Gasteiger partial charge in [-0.2, -0.15) is 0 Å². The van der Waals surface area contributed by atoms with Crippen LogP contribution in [0.3, 0.4) is 0 Å². The highest BCUT2D eigenvalue weighted by Crippen LogP contribution is 2.39. The molecular formula is C18H30ClNS. The van der Waals surface area contributed by atoms with Gasteiger partial charge in [0.05, 0.1) is 4.34 Å². The Hall–Kier alpha value is -0.0500. The molecule has 1 aromatic heterocycles. The molecule has 21 heavy (non-hydrogen) atoms. The lowest BCUT2D eigenvalue weighted by atomic mass is 9.71. The first-order valence-electron chi connectivity index (χ1n) is 8.56. The van der Waals surface area contributed by atoms with Crippen molar-refractivity contribution in [2.24, 2.45) is 17.8 Å². The highest BCUT2D eigenvalue weighted by atomic mass is 35.5. The van der Waals surface area contributed by atoms with Gasteiger partial charge in [0.15, 0.2) is 0 Å². The first kappa shape index (κ1) is 17.3. The number of hydrogen-bond donors (Lipinski definition) is 1. The first-order chi connectivity index (χ1) is 10.1. The SMILES string of the molecule is CCCC1CCC(CNC(C)C)C(Cc2ccc(Cl)s2)C1. The predicted molar refractivity (Wildman–Crippen MR) is 95.4 cm³/mol. The molecule has 0 aromatic carbocycles. The Morgan fingerprint density at radius 2 is 2.10 bits per heavy atom. The topological polar surface area (TPSA) is 12.0 Å². The monoisotopic (exact) mass is 327 g/mol. The zero-order chi connectivity index (χ0) is 15.2. The maximum absolute atomic E-state index is 6.10. The Balaban J connectivity index is 1.97. The molecule has 1 nitrogen and oxygen atoms in total. The quantitative estimate of drug-likeness (QED) is 0.669. The van der Waals surface area contributed by atoms with Gasteiger partial charge in [-0.05, 0) is 55.7 Å². The molecule has 0 amide bonds.